The van der Waals surface area contributed by atoms with Gasteiger partial charge in [0.2, 0.25) is 0 Å². The number of phenols is 2. The second kappa shape index (κ2) is 13.4. The molecular weight excluding hydrogens is 476 g/mol. The Kier molecular flexibility index (Phi) is 10.6. The molecule has 0 aromatic heterocycles. The first kappa shape index (κ1) is 28.5. The quantitative estimate of drug-likeness (QED) is 0.157. The van der Waals surface area contributed by atoms with Crippen LogP contribution in [0.3, 0.4) is 0 Å². The molecule has 12 heteroatoms. The van der Waals surface area contributed by atoms with Crippen molar-refractivity contribution in [2.75, 3.05) is 26.2 Å². The van der Waals surface area contributed by atoms with Crippen molar-refractivity contribution in [2.45, 2.75) is 31.2 Å². The van der Waals surface area contributed by atoms with E-state index in [1.165, 1.54) is 53.4 Å². The summed E-state index contributed by atoms with van der Waals surface area (Å²) in [5, 5.41) is 67.0. The van der Waals surface area contributed by atoms with Crippen molar-refractivity contribution in [1.82, 2.24) is 9.80 Å². The number of carboxylic acid groups (broad SMARTS) is 3. The minimum Gasteiger partial charge on any atom is -0.508 e. The Morgan fingerprint density at radius 2 is 1.06 bits per heavy atom. The van der Waals surface area contributed by atoms with Gasteiger partial charge in [-0.3, -0.25) is 24.2 Å². The molecule has 0 bridgehead atoms. The standard InChI is InChI=1S/C24H30N2O10/c27-17-5-1-15(2-6-17)11-19(23(33)34)25(13-21(29)30)9-10-26(14-22(31)32)20(24(35)36)12-16-3-7-18(28)8-4-16/h1-8,19-21,27-30H,9-14H2,(H,31,32)(H,33,34)(H,35,36). The molecule has 0 aliphatic carbocycles. The van der Waals surface area contributed by atoms with Crippen molar-refractivity contribution in [2.24, 2.45) is 0 Å². The molecule has 36 heavy (non-hydrogen) atoms. The van der Waals surface area contributed by atoms with E-state index in [9.17, 15) is 50.1 Å². The van der Waals surface area contributed by atoms with Crippen molar-refractivity contribution in [3.63, 3.8) is 0 Å². The van der Waals surface area contributed by atoms with E-state index in [0.717, 1.165) is 4.90 Å². The van der Waals surface area contributed by atoms with Crippen molar-refractivity contribution < 1.29 is 50.1 Å². The molecule has 0 aliphatic rings. The number of rotatable bonds is 15. The number of benzene rings is 2. The number of aliphatic hydroxyl groups is 2. The third kappa shape index (κ3) is 9.15. The van der Waals surface area contributed by atoms with Crippen LogP contribution in [-0.4, -0.2) is 108 Å². The number of aliphatic carboxylic acids is 3. The molecule has 2 unspecified atom stereocenters. The summed E-state index contributed by atoms with van der Waals surface area (Å²) in [5.74, 6) is -3.88. The van der Waals surface area contributed by atoms with E-state index < -0.39 is 49.4 Å². The predicted molar refractivity (Wildman–Crippen MR) is 125 cm³/mol. The topological polar surface area (TPSA) is 199 Å². The lowest BCUT2D eigenvalue weighted by molar-refractivity contribution is -0.150. The Bertz CT molecular complexity index is 1010. The average molecular weight is 507 g/mol. The second-order valence-corrected chi connectivity index (χ2v) is 8.29. The summed E-state index contributed by atoms with van der Waals surface area (Å²) in [5.41, 5.74) is 1.09. The summed E-state index contributed by atoms with van der Waals surface area (Å²) in [6.45, 7) is -1.52. The zero-order valence-corrected chi connectivity index (χ0v) is 19.3. The molecule has 7 N–H and O–H groups in total. The first-order chi connectivity index (χ1) is 17.0. The molecule has 0 aliphatic heterocycles. The Labute approximate surface area is 206 Å². The lowest BCUT2D eigenvalue weighted by Crippen LogP contribution is -2.52. The number of carboxylic acids is 3. The van der Waals surface area contributed by atoms with Crippen LogP contribution in [0.5, 0.6) is 11.5 Å². The predicted octanol–water partition coefficient (Wildman–Crippen LogP) is -0.211. The van der Waals surface area contributed by atoms with E-state index in [-0.39, 0.29) is 37.4 Å². The molecule has 0 radical (unpaired) electrons. The van der Waals surface area contributed by atoms with Gasteiger partial charge in [-0.2, -0.15) is 0 Å². The normalized spacial score (nSPS) is 13.1. The minimum absolute atomic E-state index is 0.00841. The molecule has 2 aromatic rings. The van der Waals surface area contributed by atoms with Gasteiger partial charge in [-0.05, 0) is 48.2 Å². The van der Waals surface area contributed by atoms with Crippen molar-refractivity contribution in [3.8, 4) is 11.5 Å². The maximum absolute atomic E-state index is 12.1. The highest BCUT2D eigenvalue weighted by Crippen LogP contribution is 2.17. The Morgan fingerprint density at radius 1 is 0.667 bits per heavy atom. The van der Waals surface area contributed by atoms with Crippen LogP contribution in [-0.2, 0) is 27.2 Å². The molecule has 196 valence electrons. The van der Waals surface area contributed by atoms with Gasteiger partial charge < -0.3 is 35.7 Å². The van der Waals surface area contributed by atoms with Gasteiger partial charge in [0.15, 0.2) is 6.29 Å². The van der Waals surface area contributed by atoms with E-state index in [2.05, 4.69) is 0 Å². The van der Waals surface area contributed by atoms with E-state index in [0.29, 0.717) is 11.1 Å². The van der Waals surface area contributed by atoms with Gasteiger partial charge in [0, 0.05) is 19.6 Å². The number of carbonyl (C=O) groups is 3. The zero-order valence-electron chi connectivity index (χ0n) is 19.3. The van der Waals surface area contributed by atoms with Crippen LogP contribution in [0.15, 0.2) is 48.5 Å². The van der Waals surface area contributed by atoms with Gasteiger partial charge in [0.25, 0.3) is 0 Å². The van der Waals surface area contributed by atoms with E-state index in [1.54, 1.807) is 0 Å². The molecule has 12 nitrogen and oxygen atoms in total. The van der Waals surface area contributed by atoms with Crippen molar-refractivity contribution in [3.05, 3.63) is 59.7 Å². The lowest BCUT2D eigenvalue weighted by atomic mass is 10.0. The van der Waals surface area contributed by atoms with Crippen molar-refractivity contribution in [1.29, 1.82) is 0 Å². The van der Waals surface area contributed by atoms with E-state index in [1.807, 2.05) is 0 Å². The molecule has 0 fully saturated rings. The summed E-state index contributed by atoms with van der Waals surface area (Å²) >= 11 is 0. The van der Waals surface area contributed by atoms with E-state index >= 15 is 0 Å². The van der Waals surface area contributed by atoms with E-state index in [4.69, 9.17) is 0 Å². The maximum atomic E-state index is 12.1. The molecule has 2 aromatic carbocycles. The van der Waals surface area contributed by atoms with Crippen molar-refractivity contribution >= 4 is 17.9 Å². The highest BCUT2D eigenvalue weighted by Gasteiger charge is 2.31. The zero-order chi connectivity index (χ0) is 26.8. The third-order valence-corrected chi connectivity index (χ3v) is 5.59. The highest BCUT2D eigenvalue weighted by molar-refractivity contribution is 5.76. The fourth-order valence-electron chi connectivity index (χ4n) is 3.82. The lowest BCUT2D eigenvalue weighted by Gasteiger charge is -2.33. The molecular formula is C24H30N2O10. The number of hydrogen-bond donors (Lipinski definition) is 7. The molecule has 2 atom stereocenters. The van der Waals surface area contributed by atoms with Crippen LogP contribution in [0.1, 0.15) is 11.1 Å². The van der Waals surface area contributed by atoms with Crippen LogP contribution >= 0.6 is 0 Å². The van der Waals surface area contributed by atoms with Crippen LogP contribution in [0, 0.1) is 0 Å². The molecule has 2 rings (SSSR count). The third-order valence-electron chi connectivity index (χ3n) is 5.59. The molecule has 0 spiro atoms. The average Bonchev–Trinajstić information content (AvgIpc) is 2.79. The van der Waals surface area contributed by atoms with Gasteiger partial charge in [-0.1, -0.05) is 24.3 Å². The number of aliphatic hydroxyl groups excluding tert-OH is 1. The Morgan fingerprint density at radius 3 is 1.42 bits per heavy atom. The van der Waals surface area contributed by atoms with Gasteiger partial charge >= 0.3 is 17.9 Å². The number of nitrogens with zero attached hydrogens (tertiary/aromatic N) is 2. The van der Waals surface area contributed by atoms with Crippen LogP contribution < -0.4 is 0 Å². The SMILES string of the molecule is O=C(O)CN(CCN(CC(O)O)C(Cc1ccc(O)cc1)C(=O)O)C(Cc1ccc(O)cc1)C(=O)O. The molecule has 0 heterocycles. The second-order valence-electron chi connectivity index (χ2n) is 8.29. The Hall–Kier alpha value is -3.71. The first-order valence-corrected chi connectivity index (χ1v) is 11.0. The largest absolute Gasteiger partial charge is 0.508 e. The summed E-state index contributed by atoms with van der Waals surface area (Å²) in [4.78, 5) is 38.0. The highest BCUT2D eigenvalue weighted by atomic mass is 16.5. The van der Waals surface area contributed by atoms with Gasteiger partial charge in [-0.15, -0.1) is 0 Å². The number of phenolic OH excluding ortho intramolecular Hbond substituents is 2. The van der Waals surface area contributed by atoms with Crippen LogP contribution in [0.2, 0.25) is 0 Å². The summed E-state index contributed by atoms with van der Waals surface area (Å²) < 4.78 is 0. The van der Waals surface area contributed by atoms with Gasteiger partial charge in [0.05, 0.1) is 6.54 Å². The summed E-state index contributed by atoms with van der Waals surface area (Å²) in [6, 6.07) is 9.05. The number of aromatic hydroxyl groups is 2. The monoisotopic (exact) mass is 506 g/mol. The minimum atomic E-state index is -1.90. The van der Waals surface area contributed by atoms with Crippen LogP contribution in [0.25, 0.3) is 0 Å². The smallest absolute Gasteiger partial charge is 0.321 e. The van der Waals surface area contributed by atoms with Crippen LogP contribution in [0.4, 0.5) is 0 Å². The van der Waals surface area contributed by atoms with Gasteiger partial charge in [-0.25, -0.2) is 0 Å². The maximum Gasteiger partial charge on any atom is 0.321 e. The summed E-state index contributed by atoms with van der Waals surface area (Å²) in [7, 11) is 0. The first-order valence-electron chi connectivity index (χ1n) is 11.0. The molecule has 0 amide bonds. The molecule has 0 saturated carbocycles. The fraction of sp³-hybridized carbons (Fsp3) is 0.375. The Balaban J connectivity index is 2.26. The number of hydrogen-bond acceptors (Lipinski definition) is 9. The fourth-order valence-corrected chi connectivity index (χ4v) is 3.82. The van der Waals surface area contributed by atoms with Gasteiger partial charge in [0.1, 0.15) is 23.6 Å². The molecule has 0 saturated heterocycles. The summed E-state index contributed by atoms with van der Waals surface area (Å²) in [6.07, 6.45) is -2.04.